The van der Waals surface area contributed by atoms with Crippen LogP contribution in [0.5, 0.6) is 0 Å². The third-order valence-electron chi connectivity index (χ3n) is 4.10. The van der Waals surface area contributed by atoms with Gasteiger partial charge in [-0.05, 0) is 6.92 Å². The molecule has 3 heterocycles. The highest BCUT2D eigenvalue weighted by Crippen LogP contribution is 2.25. The zero-order valence-corrected chi connectivity index (χ0v) is 14.2. The lowest BCUT2D eigenvalue weighted by atomic mass is 10.2. The molecule has 0 bridgehead atoms. The van der Waals surface area contributed by atoms with Crippen LogP contribution in [0.25, 0.3) is 0 Å². The van der Waals surface area contributed by atoms with Gasteiger partial charge in [0.05, 0.1) is 18.8 Å². The standard InChI is InChI=1S/C16H20N6O3/c1-11-14-20-13(15(23)19-5-8-25-2)10-21(14)6-7-22(11)16(24)12-9-17-3-4-18-12/h3-4,9-11H,5-8H2,1-2H3,(H,19,23)/t11-/m1/s1. The summed E-state index contributed by atoms with van der Waals surface area (Å²) in [4.78, 5) is 38.9. The lowest BCUT2D eigenvalue weighted by Crippen LogP contribution is -2.41. The monoisotopic (exact) mass is 344 g/mol. The summed E-state index contributed by atoms with van der Waals surface area (Å²) in [5, 5.41) is 2.75. The fourth-order valence-corrected chi connectivity index (χ4v) is 2.79. The number of carbonyl (C=O) groups is 2. The Balaban J connectivity index is 1.75. The van der Waals surface area contributed by atoms with Crippen molar-refractivity contribution < 1.29 is 14.3 Å². The summed E-state index contributed by atoms with van der Waals surface area (Å²) in [6, 6.07) is -0.260. The van der Waals surface area contributed by atoms with Gasteiger partial charge in [0, 0.05) is 45.3 Å². The Morgan fingerprint density at radius 3 is 2.88 bits per heavy atom. The van der Waals surface area contributed by atoms with Gasteiger partial charge >= 0.3 is 0 Å². The first-order valence-electron chi connectivity index (χ1n) is 8.03. The number of hydrogen-bond donors (Lipinski definition) is 1. The molecule has 2 aromatic rings. The van der Waals surface area contributed by atoms with E-state index in [1.807, 2.05) is 11.5 Å². The molecule has 0 aromatic carbocycles. The molecule has 9 heteroatoms. The van der Waals surface area contributed by atoms with E-state index in [4.69, 9.17) is 4.74 Å². The minimum atomic E-state index is -0.260. The molecule has 1 N–H and O–H groups in total. The molecule has 9 nitrogen and oxygen atoms in total. The lowest BCUT2D eigenvalue weighted by Gasteiger charge is -2.33. The molecule has 1 aliphatic rings. The van der Waals surface area contributed by atoms with E-state index in [0.29, 0.717) is 43.5 Å². The van der Waals surface area contributed by atoms with Crippen molar-refractivity contribution in [2.45, 2.75) is 19.5 Å². The number of carbonyl (C=O) groups excluding carboxylic acids is 2. The van der Waals surface area contributed by atoms with Crippen molar-refractivity contribution in [3.05, 3.63) is 42.0 Å². The molecule has 0 saturated carbocycles. The van der Waals surface area contributed by atoms with Crippen molar-refractivity contribution >= 4 is 11.8 Å². The molecule has 25 heavy (non-hydrogen) atoms. The van der Waals surface area contributed by atoms with Gasteiger partial charge in [-0.25, -0.2) is 9.97 Å². The summed E-state index contributed by atoms with van der Waals surface area (Å²) in [5.74, 6) is 0.235. The van der Waals surface area contributed by atoms with Gasteiger partial charge in [0.2, 0.25) is 0 Å². The molecular formula is C16H20N6O3. The van der Waals surface area contributed by atoms with Crippen molar-refractivity contribution in [2.24, 2.45) is 0 Å². The summed E-state index contributed by atoms with van der Waals surface area (Å²) in [7, 11) is 1.58. The van der Waals surface area contributed by atoms with Crippen LogP contribution in [-0.4, -0.2) is 63.0 Å². The van der Waals surface area contributed by atoms with Gasteiger partial charge in [-0.3, -0.25) is 14.6 Å². The van der Waals surface area contributed by atoms with Crippen LogP contribution in [0.2, 0.25) is 0 Å². The number of aromatic nitrogens is 4. The van der Waals surface area contributed by atoms with Gasteiger partial charge in [0.25, 0.3) is 11.8 Å². The fourth-order valence-electron chi connectivity index (χ4n) is 2.79. The third kappa shape index (κ3) is 3.50. The number of nitrogens with one attached hydrogen (secondary N) is 1. The second-order valence-electron chi connectivity index (χ2n) is 5.69. The van der Waals surface area contributed by atoms with Gasteiger partial charge in [0.15, 0.2) is 0 Å². The number of hydrogen-bond acceptors (Lipinski definition) is 6. The van der Waals surface area contributed by atoms with Crippen molar-refractivity contribution in [3.8, 4) is 0 Å². The number of rotatable bonds is 5. The van der Waals surface area contributed by atoms with E-state index in [1.165, 1.54) is 18.6 Å². The topological polar surface area (TPSA) is 102 Å². The van der Waals surface area contributed by atoms with Gasteiger partial charge in [-0.2, -0.15) is 0 Å². The predicted molar refractivity (Wildman–Crippen MR) is 87.9 cm³/mol. The first-order valence-corrected chi connectivity index (χ1v) is 8.03. The van der Waals surface area contributed by atoms with Crippen LogP contribution in [0.4, 0.5) is 0 Å². The van der Waals surface area contributed by atoms with E-state index >= 15 is 0 Å². The van der Waals surface area contributed by atoms with Crippen molar-refractivity contribution in [1.82, 2.24) is 29.7 Å². The zero-order chi connectivity index (χ0) is 17.8. The lowest BCUT2D eigenvalue weighted by molar-refractivity contribution is 0.0631. The van der Waals surface area contributed by atoms with Crippen molar-refractivity contribution in [3.63, 3.8) is 0 Å². The Morgan fingerprint density at radius 1 is 1.32 bits per heavy atom. The number of nitrogens with zero attached hydrogens (tertiary/aromatic N) is 5. The summed E-state index contributed by atoms with van der Waals surface area (Å²) in [6.07, 6.45) is 6.19. The largest absolute Gasteiger partial charge is 0.383 e. The predicted octanol–water partition coefficient (Wildman–Crippen LogP) is 0.266. The molecule has 0 fully saturated rings. The Hall–Kier alpha value is -2.81. The normalized spacial score (nSPS) is 16.4. The fraction of sp³-hybridized carbons (Fsp3) is 0.438. The van der Waals surface area contributed by atoms with Crippen LogP contribution in [0.15, 0.2) is 24.8 Å². The van der Waals surface area contributed by atoms with Crippen LogP contribution in [0.3, 0.4) is 0 Å². The molecule has 0 unspecified atom stereocenters. The van der Waals surface area contributed by atoms with Gasteiger partial charge in [-0.15, -0.1) is 0 Å². The van der Waals surface area contributed by atoms with E-state index in [9.17, 15) is 9.59 Å². The first kappa shape index (κ1) is 17.0. The Labute approximate surface area is 145 Å². The minimum Gasteiger partial charge on any atom is -0.383 e. The van der Waals surface area contributed by atoms with E-state index in [0.717, 1.165) is 0 Å². The molecule has 132 valence electrons. The Bertz CT molecular complexity index is 760. The maximum Gasteiger partial charge on any atom is 0.274 e. The molecule has 0 saturated heterocycles. The Morgan fingerprint density at radius 2 is 2.16 bits per heavy atom. The Kier molecular flexibility index (Phi) is 5.03. The van der Waals surface area contributed by atoms with Crippen LogP contribution in [0, 0.1) is 0 Å². The summed E-state index contributed by atoms with van der Waals surface area (Å²) < 4.78 is 6.83. The smallest absolute Gasteiger partial charge is 0.274 e. The molecule has 2 aromatic heterocycles. The van der Waals surface area contributed by atoms with Crippen LogP contribution < -0.4 is 5.32 Å². The second kappa shape index (κ2) is 7.39. The van der Waals surface area contributed by atoms with Gasteiger partial charge < -0.3 is 19.5 Å². The van der Waals surface area contributed by atoms with Crippen LogP contribution >= 0.6 is 0 Å². The minimum absolute atomic E-state index is 0.194. The highest BCUT2D eigenvalue weighted by Gasteiger charge is 2.31. The zero-order valence-electron chi connectivity index (χ0n) is 14.2. The second-order valence-corrected chi connectivity index (χ2v) is 5.69. The van der Waals surface area contributed by atoms with Crippen LogP contribution in [0.1, 0.15) is 39.8 Å². The molecule has 2 amide bonds. The highest BCUT2D eigenvalue weighted by atomic mass is 16.5. The summed E-state index contributed by atoms with van der Waals surface area (Å²) in [5.41, 5.74) is 0.638. The van der Waals surface area contributed by atoms with E-state index < -0.39 is 0 Å². The molecule has 0 spiro atoms. The van der Waals surface area contributed by atoms with E-state index in [1.54, 1.807) is 18.2 Å². The molecule has 1 aliphatic heterocycles. The quantitative estimate of drug-likeness (QED) is 0.781. The average molecular weight is 344 g/mol. The maximum atomic E-state index is 12.6. The van der Waals surface area contributed by atoms with Crippen molar-refractivity contribution in [2.75, 3.05) is 26.8 Å². The van der Waals surface area contributed by atoms with Crippen molar-refractivity contribution in [1.29, 1.82) is 0 Å². The van der Waals surface area contributed by atoms with E-state index in [-0.39, 0.29) is 17.9 Å². The van der Waals surface area contributed by atoms with Gasteiger partial charge in [0.1, 0.15) is 17.2 Å². The number of imidazole rings is 1. The van der Waals surface area contributed by atoms with Gasteiger partial charge in [-0.1, -0.05) is 0 Å². The summed E-state index contributed by atoms with van der Waals surface area (Å²) in [6.45, 7) is 3.84. The third-order valence-corrected chi connectivity index (χ3v) is 4.10. The average Bonchev–Trinajstić information content (AvgIpc) is 3.08. The van der Waals surface area contributed by atoms with Crippen LogP contribution in [-0.2, 0) is 11.3 Å². The highest BCUT2D eigenvalue weighted by molar-refractivity contribution is 5.93. The first-order chi connectivity index (χ1) is 12.1. The van der Waals surface area contributed by atoms with E-state index in [2.05, 4.69) is 20.3 Å². The number of amides is 2. The maximum absolute atomic E-state index is 12.6. The summed E-state index contributed by atoms with van der Waals surface area (Å²) >= 11 is 0. The molecular weight excluding hydrogens is 324 g/mol. The molecule has 0 radical (unpaired) electrons. The molecule has 3 rings (SSSR count). The number of ether oxygens (including phenoxy) is 1. The molecule has 0 aliphatic carbocycles. The number of fused-ring (bicyclic) bond motifs is 1. The SMILES string of the molecule is COCCNC(=O)c1cn2c(n1)[C@@H](C)N(C(=O)c1cnccn1)CC2. The number of methoxy groups -OCH3 is 1. The molecule has 1 atom stereocenters.